The fraction of sp³-hybridized carbons (Fsp3) is 0.118. The molecule has 0 saturated heterocycles. The summed E-state index contributed by atoms with van der Waals surface area (Å²) in [5, 5.41) is 17.2. The minimum absolute atomic E-state index is 0.0240. The van der Waals surface area contributed by atoms with Gasteiger partial charge in [-0.15, -0.1) is 11.3 Å². The van der Waals surface area contributed by atoms with Crippen molar-refractivity contribution in [2.45, 2.75) is 13.5 Å². The Hall–Kier alpha value is -2.37. The predicted molar refractivity (Wildman–Crippen MR) is 91.9 cm³/mol. The Morgan fingerprint density at radius 1 is 1.23 bits per heavy atom. The van der Waals surface area contributed by atoms with Crippen LogP contribution in [0.5, 0.6) is 0 Å². The highest BCUT2D eigenvalue weighted by Gasteiger charge is 2.11. The van der Waals surface area contributed by atoms with E-state index in [9.17, 15) is 5.11 Å². The van der Waals surface area contributed by atoms with E-state index in [2.05, 4.69) is 40.4 Å². The lowest BCUT2D eigenvalue weighted by Crippen LogP contribution is -1.95. The molecule has 3 N–H and O–H groups in total. The number of hydrogen-bond donors (Lipinski definition) is 3. The average Bonchev–Trinajstić information content (AvgIpc) is 3.17. The van der Waals surface area contributed by atoms with Crippen molar-refractivity contribution in [3.8, 4) is 0 Å². The van der Waals surface area contributed by atoms with Gasteiger partial charge in [0.2, 0.25) is 0 Å². The molecule has 22 heavy (non-hydrogen) atoms. The molecule has 0 aliphatic heterocycles. The Morgan fingerprint density at radius 2 is 2.14 bits per heavy atom. The zero-order valence-electron chi connectivity index (χ0n) is 12.1. The SMILES string of the molecule is Cc1c(Nc2ccnc3scc(CO)c23)ccc2[nH]ccc12. The van der Waals surface area contributed by atoms with Crippen LogP contribution in [-0.4, -0.2) is 15.1 Å². The van der Waals surface area contributed by atoms with Gasteiger partial charge in [0.05, 0.1) is 12.3 Å². The molecule has 0 spiro atoms. The summed E-state index contributed by atoms with van der Waals surface area (Å²) in [6, 6.07) is 8.19. The zero-order chi connectivity index (χ0) is 15.1. The lowest BCUT2D eigenvalue weighted by molar-refractivity contribution is 0.284. The summed E-state index contributed by atoms with van der Waals surface area (Å²) in [7, 11) is 0. The third kappa shape index (κ3) is 1.98. The van der Waals surface area contributed by atoms with Crippen molar-refractivity contribution < 1.29 is 5.11 Å². The largest absolute Gasteiger partial charge is 0.392 e. The number of nitrogens with zero attached hydrogens (tertiary/aromatic N) is 1. The number of fused-ring (bicyclic) bond motifs is 2. The van der Waals surface area contributed by atoms with Crippen LogP contribution in [0.15, 0.2) is 42.0 Å². The number of aromatic amines is 1. The molecule has 0 atom stereocenters. The number of benzene rings is 1. The van der Waals surface area contributed by atoms with E-state index in [-0.39, 0.29) is 6.61 Å². The monoisotopic (exact) mass is 309 g/mol. The Kier molecular flexibility index (Phi) is 3.10. The molecule has 0 fully saturated rings. The molecule has 0 aliphatic carbocycles. The molecule has 4 aromatic rings. The topological polar surface area (TPSA) is 60.9 Å². The van der Waals surface area contributed by atoms with Crippen molar-refractivity contribution in [1.82, 2.24) is 9.97 Å². The number of thiophene rings is 1. The highest BCUT2D eigenvalue weighted by molar-refractivity contribution is 7.17. The predicted octanol–water partition coefficient (Wildman–Crippen LogP) is 4.32. The number of aryl methyl sites for hydroxylation is 1. The molecule has 0 bridgehead atoms. The van der Waals surface area contributed by atoms with Crippen LogP contribution in [0.25, 0.3) is 21.1 Å². The zero-order valence-corrected chi connectivity index (χ0v) is 12.9. The molecule has 0 aliphatic rings. The standard InChI is InChI=1S/C17H15N3OS/c1-10-12-4-6-18-14(12)3-2-13(10)20-15-5-7-19-17-16(15)11(8-21)9-22-17/h2-7,9,18,21H,8H2,1H3,(H,19,20). The van der Waals surface area contributed by atoms with Gasteiger partial charge in [0.15, 0.2) is 0 Å². The molecule has 4 rings (SSSR count). The van der Waals surface area contributed by atoms with Gasteiger partial charge in [0.25, 0.3) is 0 Å². The molecular formula is C17H15N3OS. The number of nitrogens with one attached hydrogen (secondary N) is 2. The molecule has 3 heterocycles. The second-order valence-electron chi connectivity index (χ2n) is 5.26. The molecular weight excluding hydrogens is 294 g/mol. The van der Waals surface area contributed by atoms with E-state index in [1.807, 2.05) is 17.6 Å². The molecule has 0 unspecified atom stereocenters. The van der Waals surface area contributed by atoms with Crippen LogP contribution in [-0.2, 0) is 6.61 Å². The Balaban J connectivity index is 1.85. The smallest absolute Gasteiger partial charge is 0.125 e. The van der Waals surface area contributed by atoms with Crippen LogP contribution in [0.4, 0.5) is 11.4 Å². The van der Waals surface area contributed by atoms with Crippen molar-refractivity contribution in [1.29, 1.82) is 0 Å². The third-order valence-corrected chi connectivity index (χ3v) is 4.93. The minimum Gasteiger partial charge on any atom is -0.392 e. The second kappa shape index (κ2) is 5.12. The van der Waals surface area contributed by atoms with Gasteiger partial charge in [-0.05, 0) is 47.7 Å². The second-order valence-corrected chi connectivity index (χ2v) is 6.12. The van der Waals surface area contributed by atoms with Gasteiger partial charge in [-0.1, -0.05) is 0 Å². The maximum Gasteiger partial charge on any atom is 0.125 e. The van der Waals surface area contributed by atoms with E-state index in [4.69, 9.17) is 0 Å². The minimum atomic E-state index is 0.0240. The number of pyridine rings is 1. The fourth-order valence-electron chi connectivity index (χ4n) is 2.81. The summed E-state index contributed by atoms with van der Waals surface area (Å²) in [6.45, 7) is 2.13. The van der Waals surface area contributed by atoms with E-state index >= 15 is 0 Å². The summed E-state index contributed by atoms with van der Waals surface area (Å²) in [4.78, 5) is 8.54. The number of anilines is 2. The number of rotatable bonds is 3. The Bertz CT molecular complexity index is 971. The molecule has 1 aromatic carbocycles. The molecule has 5 heteroatoms. The third-order valence-electron chi connectivity index (χ3n) is 3.99. The van der Waals surface area contributed by atoms with Gasteiger partial charge in [-0.25, -0.2) is 4.98 Å². The van der Waals surface area contributed by atoms with E-state index in [0.717, 1.165) is 32.7 Å². The highest BCUT2D eigenvalue weighted by Crippen LogP contribution is 2.34. The first-order valence-electron chi connectivity index (χ1n) is 7.07. The summed E-state index contributed by atoms with van der Waals surface area (Å²) in [5.41, 5.74) is 5.29. The molecule has 0 radical (unpaired) electrons. The summed E-state index contributed by atoms with van der Waals surface area (Å²) in [5.74, 6) is 0. The van der Waals surface area contributed by atoms with Crippen molar-refractivity contribution >= 4 is 43.8 Å². The Labute approximate surface area is 131 Å². The van der Waals surface area contributed by atoms with E-state index in [0.29, 0.717) is 0 Å². The van der Waals surface area contributed by atoms with Crippen LogP contribution >= 0.6 is 11.3 Å². The maximum absolute atomic E-state index is 9.53. The lowest BCUT2D eigenvalue weighted by Gasteiger charge is -2.12. The van der Waals surface area contributed by atoms with Crippen LogP contribution in [0.2, 0.25) is 0 Å². The number of aliphatic hydroxyl groups is 1. The van der Waals surface area contributed by atoms with E-state index in [1.165, 1.54) is 10.9 Å². The molecule has 110 valence electrons. The lowest BCUT2D eigenvalue weighted by atomic mass is 10.1. The van der Waals surface area contributed by atoms with Crippen LogP contribution in [0.3, 0.4) is 0 Å². The van der Waals surface area contributed by atoms with Gasteiger partial charge in [-0.3, -0.25) is 0 Å². The quantitative estimate of drug-likeness (QED) is 0.528. The first kappa shape index (κ1) is 13.3. The fourth-order valence-corrected chi connectivity index (χ4v) is 3.74. The van der Waals surface area contributed by atoms with E-state index < -0.39 is 0 Å². The molecule has 0 saturated carbocycles. The van der Waals surface area contributed by atoms with Gasteiger partial charge in [0.1, 0.15) is 4.83 Å². The van der Waals surface area contributed by atoms with Crippen molar-refractivity contribution in [3.63, 3.8) is 0 Å². The number of H-pyrrole nitrogens is 1. The average molecular weight is 309 g/mol. The summed E-state index contributed by atoms with van der Waals surface area (Å²) in [6.07, 6.45) is 3.75. The normalized spacial score (nSPS) is 11.4. The van der Waals surface area contributed by atoms with Gasteiger partial charge < -0.3 is 15.4 Å². The van der Waals surface area contributed by atoms with Crippen molar-refractivity contribution in [2.75, 3.05) is 5.32 Å². The van der Waals surface area contributed by atoms with Gasteiger partial charge in [0, 0.05) is 34.4 Å². The van der Waals surface area contributed by atoms with Gasteiger partial charge in [-0.2, -0.15) is 0 Å². The maximum atomic E-state index is 9.53. The van der Waals surface area contributed by atoms with Crippen molar-refractivity contribution in [2.24, 2.45) is 0 Å². The molecule has 3 aromatic heterocycles. The van der Waals surface area contributed by atoms with Gasteiger partial charge >= 0.3 is 0 Å². The van der Waals surface area contributed by atoms with Crippen LogP contribution in [0.1, 0.15) is 11.1 Å². The van der Waals surface area contributed by atoms with Crippen LogP contribution < -0.4 is 5.32 Å². The highest BCUT2D eigenvalue weighted by atomic mass is 32.1. The van der Waals surface area contributed by atoms with Crippen LogP contribution in [0, 0.1) is 6.92 Å². The Morgan fingerprint density at radius 3 is 3.00 bits per heavy atom. The van der Waals surface area contributed by atoms with Crippen molar-refractivity contribution in [3.05, 3.63) is 53.2 Å². The number of aliphatic hydroxyl groups excluding tert-OH is 1. The first-order valence-corrected chi connectivity index (χ1v) is 7.95. The number of hydrogen-bond acceptors (Lipinski definition) is 4. The first-order chi connectivity index (χ1) is 10.8. The molecule has 4 nitrogen and oxygen atoms in total. The molecule has 0 amide bonds. The number of aromatic nitrogens is 2. The van der Waals surface area contributed by atoms with E-state index in [1.54, 1.807) is 17.5 Å². The summed E-state index contributed by atoms with van der Waals surface area (Å²) < 4.78 is 0. The summed E-state index contributed by atoms with van der Waals surface area (Å²) >= 11 is 1.56.